The number of anilines is 1. The number of aromatic nitrogens is 2. The maximum atomic E-state index is 12.3. The predicted molar refractivity (Wildman–Crippen MR) is 114 cm³/mol. The van der Waals surface area contributed by atoms with E-state index in [2.05, 4.69) is 15.3 Å². The Bertz CT molecular complexity index is 931. The minimum Gasteiger partial charge on any atom is -0.484 e. The van der Waals surface area contributed by atoms with Crippen LogP contribution in [-0.2, 0) is 14.3 Å². The molecule has 0 radical (unpaired) electrons. The van der Waals surface area contributed by atoms with Crippen molar-refractivity contribution >= 4 is 17.8 Å². The number of nitrogens with one attached hydrogen (secondary N) is 1. The largest absolute Gasteiger partial charge is 0.490 e. The molecule has 1 spiro atoms. The number of amides is 1. The number of carbonyl (C=O) groups is 2. The number of halogens is 3. The lowest BCUT2D eigenvalue weighted by Crippen LogP contribution is -2.67. The lowest BCUT2D eigenvalue weighted by Gasteiger charge is -2.52. The summed E-state index contributed by atoms with van der Waals surface area (Å²) in [5, 5.41) is 10.4. The van der Waals surface area contributed by atoms with Crippen LogP contribution in [0.15, 0.2) is 48.8 Å². The third-order valence-electron chi connectivity index (χ3n) is 5.41. The maximum absolute atomic E-state index is 12.3. The van der Waals surface area contributed by atoms with Gasteiger partial charge < -0.3 is 24.8 Å². The molecule has 34 heavy (non-hydrogen) atoms. The molecule has 2 saturated heterocycles. The molecule has 184 valence electrons. The zero-order valence-corrected chi connectivity index (χ0v) is 18.2. The van der Waals surface area contributed by atoms with E-state index in [1.807, 2.05) is 35.2 Å². The highest BCUT2D eigenvalue weighted by Crippen LogP contribution is 2.36. The van der Waals surface area contributed by atoms with Crippen LogP contribution in [0.2, 0.25) is 0 Å². The number of para-hydroxylation sites is 1. The highest BCUT2D eigenvalue weighted by atomic mass is 19.4. The van der Waals surface area contributed by atoms with Crippen molar-refractivity contribution in [3.8, 4) is 5.75 Å². The van der Waals surface area contributed by atoms with Crippen molar-refractivity contribution in [2.45, 2.75) is 24.6 Å². The molecule has 4 rings (SSSR count). The van der Waals surface area contributed by atoms with Gasteiger partial charge in [0.1, 0.15) is 11.4 Å². The number of ether oxygens (including phenoxy) is 2. The number of hydrogen-bond donors (Lipinski definition) is 2. The number of alkyl halides is 3. The fourth-order valence-corrected chi connectivity index (χ4v) is 3.53. The highest BCUT2D eigenvalue weighted by Gasteiger charge is 2.48. The first kappa shape index (κ1) is 25.2. The molecule has 1 unspecified atom stereocenters. The first-order valence-electron chi connectivity index (χ1n) is 10.6. The Kier molecular flexibility index (Phi) is 8.26. The monoisotopic (exact) mass is 482 g/mol. The summed E-state index contributed by atoms with van der Waals surface area (Å²) in [5.41, 5.74) is -0.165. The van der Waals surface area contributed by atoms with Gasteiger partial charge in [-0.2, -0.15) is 13.2 Å². The van der Waals surface area contributed by atoms with Crippen LogP contribution in [0.5, 0.6) is 5.75 Å². The van der Waals surface area contributed by atoms with Gasteiger partial charge in [-0.1, -0.05) is 18.2 Å². The smallest absolute Gasteiger partial charge is 0.484 e. The second-order valence-corrected chi connectivity index (χ2v) is 8.01. The molecule has 2 aromatic rings. The first-order chi connectivity index (χ1) is 16.2. The van der Waals surface area contributed by atoms with E-state index < -0.39 is 12.1 Å². The number of carboxylic acids is 1. The van der Waals surface area contributed by atoms with E-state index in [-0.39, 0.29) is 18.1 Å². The summed E-state index contributed by atoms with van der Waals surface area (Å²) >= 11 is 0. The second-order valence-electron chi connectivity index (χ2n) is 8.01. The van der Waals surface area contributed by atoms with Gasteiger partial charge in [-0.05, 0) is 37.0 Å². The van der Waals surface area contributed by atoms with Crippen molar-refractivity contribution in [2.24, 2.45) is 5.92 Å². The molecule has 1 aromatic carbocycles. The number of aliphatic carboxylic acids is 1. The van der Waals surface area contributed by atoms with Crippen molar-refractivity contribution in [3.05, 3.63) is 48.8 Å². The average molecular weight is 482 g/mol. The number of rotatable bonds is 6. The Balaban J connectivity index is 0.000000406. The van der Waals surface area contributed by atoms with Crippen LogP contribution in [0.1, 0.15) is 12.8 Å². The Morgan fingerprint density at radius 3 is 2.38 bits per heavy atom. The Labute approximate surface area is 193 Å². The normalized spacial score (nSPS) is 18.8. The average Bonchev–Trinajstić information content (AvgIpc) is 2.81. The van der Waals surface area contributed by atoms with Crippen LogP contribution >= 0.6 is 0 Å². The van der Waals surface area contributed by atoms with Crippen LogP contribution < -0.4 is 10.1 Å². The molecule has 9 nitrogen and oxygen atoms in total. The van der Waals surface area contributed by atoms with Gasteiger partial charge in [0.2, 0.25) is 5.95 Å². The quantitative estimate of drug-likeness (QED) is 0.646. The van der Waals surface area contributed by atoms with Crippen LogP contribution in [0.25, 0.3) is 0 Å². The topological polar surface area (TPSA) is 114 Å². The van der Waals surface area contributed by atoms with Gasteiger partial charge in [0, 0.05) is 18.9 Å². The van der Waals surface area contributed by atoms with Crippen molar-refractivity contribution in [2.75, 3.05) is 38.2 Å². The van der Waals surface area contributed by atoms with E-state index in [0.29, 0.717) is 37.3 Å². The van der Waals surface area contributed by atoms with Gasteiger partial charge in [0.05, 0.1) is 19.7 Å². The molecule has 1 amide bonds. The van der Waals surface area contributed by atoms with Gasteiger partial charge in [0.25, 0.3) is 5.91 Å². The molecular weight excluding hydrogens is 457 g/mol. The van der Waals surface area contributed by atoms with E-state index in [1.54, 1.807) is 18.5 Å². The van der Waals surface area contributed by atoms with Crippen molar-refractivity contribution in [1.29, 1.82) is 0 Å². The minimum absolute atomic E-state index is 0.0121. The molecule has 0 aliphatic carbocycles. The van der Waals surface area contributed by atoms with Gasteiger partial charge in [0.15, 0.2) is 6.61 Å². The van der Waals surface area contributed by atoms with Crippen molar-refractivity contribution in [1.82, 2.24) is 14.9 Å². The number of hydrogen-bond acceptors (Lipinski definition) is 7. The maximum Gasteiger partial charge on any atom is 0.490 e. The molecule has 3 heterocycles. The summed E-state index contributed by atoms with van der Waals surface area (Å²) in [6.45, 7) is 2.89. The van der Waals surface area contributed by atoms with E-state index in [9.17, 15) is 18.0 Å². The Hall–Kier alpha value is -3.41. The van der Waals surface area contributed by atoms with Gasteiger partial charge in [-0.3, -0.25) is 4.79 Å². The second kappa shape index (κ2) is 11.1. The number of likely N-dealkylation sites (tertiary alicyclic amines) is 1. The lowest BCUT2D eigenvalue weighted by molar-refractivity contribution is -0.192. The number of benzene rings is 1. The zero-order chi connectivity index (χ0) is 24.6. The summed E-state index contributed by atoms with van der Waals surface area (Å²) in [5.74, 6) is -0.944. The van der Waals surface area contributed by atoms with Crippen LogP contribution in [0.4, 0.5) is 19.1 Å². The molecule has 1 aromatic heterocycles. The number of carboxylic acid groups (broad SMARTS) is 1. The van der Waals surface area contributed by atoms with Crippen molar-refractivity contribution < 1.29 is 37.3 Å². The fourth-order valence-electron chi connectivity index (χ4n) is 3.53. The summed E-state index contributed by atoms with van der Waals surface area (Å²) < 4.78 is 43.4. The molecule has 2 aliphatic rings. The molecule has 2 fully saturated rings. The van der Waals surface area contributed by atoms with Gasteiger partial charge in [-0.25, -0.2) is 14.8 Å². The highest BCUT2D eigenvalue weighted by molar-refractivity contribution is 5.79. The fraction of sp³-hybridized carbons (Fsp3) is 0.455. The molecule has 0 saturated carbocycles. The third-order valence-corrected chi connectivity index (χ3v) is 5.41. The summed E-state index contributed by atoms with van der Waals surface area (Å²) in [6.07, 6.45) is 0.410. The predicted octanol–water partition coefficient (Wildman–Crippen LogP) is 2.61. The van der Waals surface area contributed by atoms with Crippen LogP contribution in [0, 0.1) is 5.92 Å². The first-order valence-corrected chi connectivity index (χ1v) is 10.6. The molecule has 2 N–H and O–H groups in total. The standard InChI is InChI=1S/C20H24N4O3.C2HF3O2/c25-18(13-26-17-5-2-1-3-6-17)24-14-20(15-24)8-7-16(12-27-20)11-23-19-21-9-4-10-22-19;3-2(4,5)1(6)7/h1-6,9-10,16H,7-8,11-15H2,(H,21,22,23);(H,6,7). The van der Waals surface area contributed by atoms with Crippen molar-refractivity contribution in [3.63, 3.8) is 0 Å². The van der Waals surface area contributed by atoms with Crippen LogP contribution in [0.3, 0.4) is 0 Å². The minimum atomic E-state index is -5.08. The zero-order valence-electron chi connectivity index (χ0n) is 18.2. The van der Waals surface area contributed by atoms with Crippen LogP contribution in [-0.4, -0.2) is 76.5 Å². The summed E-state index contributed by atoms with van der Waals surface area (Å²) in [7, 11) is 0. The van der Waals surface area contributed by atoms with Gasteiger partial charge in [-0.15, -0.1) is 0 Å². The number of carbonyl (C=O) groups excluding carboxylic acids is 1. The van der Waals surface area contributed by atoms with Gasteiger partial charge >= 0.3 is 12.1 Å². The van der Waals surface area contributed by atoms with E-state index in [1.165, 1.54) is 0 Å². The SMILES string of the molecule is O=C(COc1ccccc1)N1CC2(CCC(CNc3ncccn3)CO2)C1.O=C(O)C(F)(F)F. The summed E-state index contributed by atoms with van der Waals surface area (Å²) in [4.78, 5) is 31.3. The molecule has 12 heteroatoms. The van der Waals surface area contributed by atoms with E-state index in [4.69, 9.17) is 19.4 Å². The Morgan fingerprint density at radius 1 is 1.18 bits per heavy atom. The molecule has 1 atom stereocenters. The number of nitrogens with zero attached hydrogens (tertiary/aromatic N) is 3. The van der Waals surface area contributed by atoms with E-state index >= 15 is 0 Å². The van der Waals surface area contributed by atoms with E-state index in [0.717, 1.165) is 19.4 Å². The molecule has 0 bridgehead atoms. The molecule has 2 aliphatic heterocycles. The Morgan fingerprint density at radius 2 is 1.82 bits per heavy atom. The lowest BCUT2D eigenvalue weighted by atomic mass is 9.83. The summed E-state index contributed by atoms with van der Waals surface area (Å²) in [6, 6.07) is 11.2. The third kappa shape index (κ3) is 7.30. The molecular formula is C22H25F3N4O5.